The lowest BCUT2D eigenvalue weighted by molar-refractivity contribution is -0.304. The monoisotopic (exact) mass is 298 g/mol. The van der Waals surface area contributed by atoms with Gasteiger partial charge in [0, 0.05) is 0 Å². The molecule has 0 aromatic heterocycles. The van der Waals surface area contributed by atoms with Gasteiger partial charge in [-0.05, 0) is 12.5 Å². The van der Waals surface area contributed by atoms with Crippen LogP contribution in [0, 0.1) is 0 Å². The number of carboxylic acids is 1. The Morgan fingerprint density at radius 1 is 1.14 bits per heavy atom. The van der Waals surface area contributed by atoms with E-state index in [1.165, 1.54) is 0 Å². The van der Waals surface area contributed by atoms with Gasteiger partial charge in [0.15, 0.2) is 12.4 Å². The van der Waals surface area contributed by atoms with Gasteiger partial charge in [-0.3, -0.25) is 0 Å². The van der Waals surface area contributed by atoms with E-state index in [0.717, 1.165) is 5.56 Å². The van der Waals surface area contributed by atoms with E-state index in [2.05, 4.69) is 0 Å². The van der Waals surface area contributed by atoms with Crippen LogP contribution in [-0.4, -0.2) is 57.1 Å². The first-order valence-corrected chi connectivity index (χ1v) is 6.54. The molecule has 0 saturated carbocycles. The summed E-state index contributed by atoms with van der Waals surface area (Å²) in [6.45, 7) is 1.71. The third-order valence-electron chi connectivity index (χ3n) is 3.42. The summed E-state index contributed by atoms with van der Waals surface area (Å²) in [7, 11) is 0. The molecule has 1 aliphatic heterocycles. The Bertz CT molecular complexity index is 477. The molecule has 6 atom stereocenters. The fourth-order valence-corrected chi connectivity index (χ4v) is 2.17. The van der Waals surface area contributed by atoms with Crippen LogP contribution in [0.3, 0.4) is 0 Å². The van der Waals surface area contributed by atoms with Gasteiger partial charge in [0.25, 0.3) is 0 Å². The van der Waals surface area contributed by atoms with Crippen LogP contribution in [0.15, 0.2) is 30.3 Å². The number of hydrogen-bond acceptors (Lipinski definition) is 6. The van der Waals surface area contributed by atoms with Gasteiger partial charge in [0.1, 0.15) is 18.3 Å². The molecule has 0 spiro atoms. The summed E-state index contributed by atoms with van der Waals surface area (Å²) in [6, 6.07) is 9.07. The molecule has 0 amide bonds. The molecule has 7 heteroatoms. The first-order valence-electron chi connectivity index (χ1n) is 6.54. The predicted octanol–water partition coefficient (Wildman–Crippen LogP) is -0.344. The number of aliphatic hydroxyl groups excluding tert-OH is 3. The summed E-state index contributed by atoms with van der Waals surface area (Å²) in [4.78, 5) is 11.0. The molecule has 1 aromatic rings. The van der Waals surface area contributed by atoms with Crippen LogP contribution in [-0.2, 0) is 14.3 Å². The SMILES string of the molecule is CC(OC1O[C@H](C(=O)O)[C@@H](O)[C@H](O)[C@H]1O)c1ccccc1. The Morgan fingerprint density at radius 3 is 2.33 bits per heavy atom. The Kier molecular flexibility index (Phi) is 4.92. The van der Waals surface area contributed by atoms with Gasteiger partial charge in [-0.15, -0.1) is 0 Å². The zero-order valence-electron chi connectivity index (χ0n) is 11.4. The second kappa shape index (κ2) is 6.50. The van der Waals surface area contributed by atoms with E-state index in [0.29, 0.717) is 0 Å². The van der Waals surface area contributed by atoms with Gasteiger partial charge < -0.3 is 29.9 Å². The maximum atomic E-state index is 11.0. The van der Waals surface area contributed by atoms with Gasteiger partial charge in [0.05, 0.1) is 6.10 Å². The van der Waals surface area contributed by atoms with Crippen LogP contribution < -0.4 is 0 Å². The minimum Gasteiger partial charge on any atom is -0.479 e. The predicted molar refractivity (Wildman–Crippen MR) is 70.3 cm³/mol. The summed E-state index contributed by atoms with van der Waals surface area (Å²) in [5.74, 6) is -1.44. The highest BCUT2D eigenvalue weighted by atomic mass is 16.7. The minimum atomic E-state index is -1.72. The molecule has 1 aliphatic rings. The maximum Gasteiger partial charge on any atom is 0.335 e. The molecule has 1 heterocycles. The molecule has 1 saturated heterocycles. The van der Waals surface area contributed by atoms with Crippen LogP contribution in [0.4, 0.5) is 0 Å². The Hall–Kier alpha value is -1.51. The molecule has 0 aliphatic carbocycles. The van der Waals surface area contributed by atoms with Crippen molar-refractivity contribution in [2.45, 2.75) is 43.7 Å². The normalized spacial score (nSPS) is 34.4. The number of carbonyl (C=O) groups is 1. The third kappa shape index (κ3) is 3.39. The lowest BCUT2D eigenvalue weighted by Gasteiger charge is -2.39. The summed E-state index contributed by atoms with van der Waals surface area (Å²) in [5, 5.41) is 38.1. The molecule has 21 heavy (non-hydrogen) atoms. The van der Waals surface area contributed by atoms with Crippen LogP contribution in [0.5, 0.6) is 0 Å². The quantitative estimate of drug-likeness (QED) is 0.600. The lowest BCUT2D eigenvalue weighted by Crippen LogP contribution is -2.60. The average molecular weight is 298 g/mol. The van der Waals surface area contributed by atoms with Gasteiger partial charge in [0.2, 0.25) is 0 Å². The van der Waals surface area contributed by atoms with Crippen molar-refractivity contribution in [3.05, 3.63) is 35.9 Å². The number of carboxylic acid groups (broad SMARTS) is 1. The molecule has 0 radical (unpaired) electrons. The van der Waals surface area contributed by atoms with Gasteiger partial charge >= 0.3 is 5.97 Å². The molecule has 116 valence electrons. The van der Waals surface area contributed by atoms with E-state index >= 15 is 0 Å². The minimum absolute atomic E-state index is 0.484. The van der Waals surface area contributed by atoms with Crippen molar-refractivity contribution in [2.24, 2.45) is 0 Å². The second-order valence-corrected chi connectivity index (χ2v) is 4.92. The van der Waals surface area contributed by atoms with E-state index in [9.17, 15) is 20.1 Å². The highest BCUT2D eigenvalue weighted by Gasteiger charge is 2.47. The summed E-state index contributed by atoms with van der Waals surface area (Å²) in [5.41, 5.74) is 0.806. The highest BCUT2D eigenvalue weighted by molar-refractivity contribution is 5.73. The van der Waals surface area contributed by atoms with Crippen LogP contribution in [0.25, 0.3) is 0 Å². The van der Waals surface area contributed by atoms with E-state index in [1.807, 2.05) is 18.2 Å². The number of benzene rings is 1. The Labute approximate surface area is 121 Å². The summed E-state index contributed by atoms with van der Waals surface area (Å²) < 4.78 is 10.5. The van der Waals surface area contributed by atoms with Gasteiger partial charge in [-0.1, -0.05) is 30.3 Å². The zero-order valence-corrected chi connectivity index (χ0v) is 11.4. The van der Waals surface area contributed by atoms with Crippen molar-refractivity contribution >= 4 is 5.97 Å². The largest absolute Gasteiger partial charge is 0.479 e. The van der Waals surface area contributed by atoms with Crippen molar-refractivity contribution in [1.29, 1.82) is 0 Å². The number of rotatable bonds is 4. The number of aliphatic carboxylic acids is 1. The molecular weight excluding hydrogens is 280 g/mol. The summed E-state index contributed by atoms with van der Waals surface area (Å²) >= 11 is 0. The summed E-state index contributed by atoms with van der Waals surface area (Å²) in [6.07, 6.45) is -8.40. The van der Waals surface area contributed by atoms with E-state index in [-0.39, 0.29) is 0 Å². The molecule has 1 aromatic carbocycles. The zero-order chi connectivity index (χ0) is 15.6. The van der Waals surface area contributed by atoms with Gasteiger partial charge in [-0.2, -0.15) is 0 Å². The van der Waals surface area contributed by atoms with Crippen LogP contribution in [0.1, 0.15) is 18.6 Å². The maximum absolute atomic E-state index is 11.0. The molecule has 4 N–H and O–H groups in total. The van der Waals surface area contributed by atoms with E-state index < -0.39 is 42.8 Å². The second-order valence-electron chi connectivity index (χ2n) is 4.92. The molecule has 0 bridgehead atoms. The fraction of sp³-hybridized carbons (Fsp3) is 0.500. The average Bonchev–Trinajstić information content (AvgIpc) is 2.48. The highest BCUT2D eigenvalue weighted by Crippen LogP contribution is 2.27. The van der Waals surface area contributed by atoms with Crippen LogP contribution in [0.2, 0.25) is 0 Å². The van der Waals surface area contributed by atoms with Crippen molar-refractivity contribution in [2.75, 3.05) is 0 Å². The topological polar surface area (TPSA) is 116 Å². The molecular formula is C14H18O7. The first kappa shape index (κ1) is 15.9. The van der Waals surface area contributed by atoms with Crippen molar-refractivity contribution in [1.82, 2.24) is 0 Å². The number of aliphatic hydroxyl groups is 3. The fourth-order valence-electron chi connectivity index (χ4n) is 2.17. The van der Waals surface area contributed by atoms with Crippen molar-refractivity contribution in [3.8, 4) is 0 Å². The first-order chi connectivity index (χ1) is 9.91. The molecule has 2 unspecified atom stereocenters. The standard InChI is InChI=1S/C14H18O7/c1-7(8-5-3-2-4-6-8)20-14-11(17)9(15)10(16)12(21-14)13(18)19/h2-7,9-12,14-17H,1H3,(H,18,19)/t7?,9-,10-,11+,12-,14?/m0/s1. The van der Waals surface area contributed by atoms with E-state index in [1.54, 1.807) is 19.1 Å². The van der Waals surface area contributed by atoms with Crippen molar-refractivity contribution in [3.63, 3.8) is 0 Å². The van der Waals surface area contributed by atoms with Gasteiger partial charge in [-0.25, -0.2) is 4.79 Å². The Morgan fingerprint density at radius 2 is 1.76 bits per heavy atom. The lowest BCUT2D eigenvalue weighted by atomic mass is 9.99. The third-order valence-corrected chi connectivity index (χ3v) is 3.42. The molecule has 1 fully saturated rings. The van der Waals surface area contributed by atoms with Crippen LogP contribution >= 0.6 is 0 Å². The van der Waals surface area contributed by atoms with Crippen molar-refractivity contribution < 1.29 is 34.7 Å². The van der Waals surface area contributed by atoms with E-state index in [4.69, 9.17) is 14.6 Å². The number of hydrogen-bond donors (Lipinski definition) is 4. The molecule has 2 rings (SSSR count). The molecule has 7 nitrogen and oxygen atoms in total. The Balaban J connectivity index is 2.09. The number of ether oxygens (including phenoxy) is 2. The smallest absolute Gasteiger partial charge is 0.335 e.